The van der Waals surface area contributed by atoms with E-state index in [4.69, 9.17) is 11.0 Å². The first-order valence-electron chi connectivity index (χ1n) is 6.78. The third-order valence-corrected chi connectivity index (χ3v) is 4.51. The van der Waals surface area contributed by atoms with Crippen LogP contribution in [0.15, 0.2) is 18.2 Å². The van der Waals surface area contributed by atoms with Crippen LogP contribution < -0.4 is 11.1 Å². The molecule has 0 spiro atoms. The molecule has 19 heavy (non-hydrogen) atoms. The zero-order chi connectivity index (χ0) is 13.4. The van der Waals surface area contributed by atoms with E-state index < -0.39 is 0 Å². The Bertz CT molecular complexity index is 561. The lowest BCUT2D eigenvalue weighted by molar-refractivity contribution is -0.121. The van der Waals surface area contributed by atoms with Crippen LogP contribution in [0.5, 0.6) is 0 Å². The van der Waals surface area contributed by atoms with Crippen molar-refractivity contribution in [1.29, 1.82) is 5.26 Å². The lowest BCUT2D eigenvalue weighted by Gasteiger charge is -2.21. The summed E-state index contributed by atoms with van der Waals surface area (Å²) in [5, 5.41) is 11.7. The Morgan fingerprint density at radius 1 is 1.37 bits per heavy atom. The molecule has 0 heterocycles. The summed E-state index contributed by atoms with van der Waals surface area (Å²) < 4.78 is 0. The maximum Gasteiger partial charge on any atom is 0.227 e. The number of rotatable bonds is 2. The summed E-state index contributed by atoms with van der Waals surface area (Å²) in [5.74, 6) is 1.54. The number of benzene rings is 1. The number of fused-ring (bicyclic) bond motifs is 2. The zero-order valence-electron chi connectivity index (χ0n) is 10.7. The van der Waals surface area contributed by atoms with Crippen LogP contribution in [0, 0.1) is 29.1 Å². The number of anilines is 2. The van der Waals surface area contributed by atoms with Crippen molar-refractivity contribution >= 4 is 17.3 Å². The maximum atomic E-state index is 12.3. The lowest BCUT2D eigenvalue weighted by Crippen LogP contribution is -2.27. The first-order chi connectivity index (χ1) is 9.17. The average Bonchev–Trinajstić information content (AvgIpc) is 3.03. The summed E-state index contributed by atoms with van der Waals surface area (Å²) in [6, 6.07) is 7.01. The van der Waals surface area contributed by atoms with Crippen LogP contribution in [0.3, 0.4) is 0 Å². The Morgan fingerprint density at radius 3 is 2.79 bits per heavy atom. The van der Waals surface area contributed by atoms with Crippen molar-refractivity contribution in [3.05, 3.63) is 23.8 Å². The van der Waals surface area contributed by atoms with Crippen LogP contribution in [0.2, 0.25) is 0 Å². The van der Waals surface area contributed by atoms with Crippen LogP contribution >= 0.6 is 0 Å². The van der Waals surface area contributed by atoms with Gasteiger partial charge >= 0.3 is 0 Å². The SMILES string of the molecule is N#Cc1ccc(NC(=O)C2CC3CCC2C3)c(N)c1. The molecule has 2 aliphatic rings. The third kappa shape index (κ3) is 2.17. The molecule has 0 radical (unpaired) electrons. The van der Waals surface area contributed by atoms with E-state index in [2.05, 4.69) is 5.32 Å². The van der Waals surface area contributed by atoms with Gasteiger partial charge in [0.05, 0.1) is 23.0 Å². The van der Waals surface area contributed by atoms with E-state index in [1.54, 1.807) is 18.2 Å². The standard InChI is InChI=1S/C15H17N3O/c16-8-10-2-4-14(13(17)7-10)18-15(19)12-6-9-1-3-11(12)5-9/h2,4,7,9,11-12H,1,3,5-6,17H2,(H,18,19). The Morgan fingerprint density at radius 2 is 2.21 bits per heavy atom. The molecule has 2 fully saturated rings. The van der Waals surface area contributed by atoms with Crippen LogP contribution in [0.4, 0.5) is 11.4 Å². The van der Waals surface area contributed by atoms with Gasteiger partial charge in [0.25, 0.3) is 0 Å². The van der Waals surface area contributed by atoms with E-state index in [0.29, 0.717) is 22.9 Å². The van der Waals surface area contributed by atoms with Crippen LogP contribution in [0.25, 0.3) is 0 Å². The quantitative estimate of drug-likeness (QED) is 0.797. The van der Waals surface area contributed by atoms with E-state index in [-0.39, 0.29) is 11.8 Å². The highest BCUT2D eigenvalue weighted by atomic mass is 16.1. The lowest BCUT2D eigenvalue weighted by atomic mass is 9.88. The molecule has 3 N–H and O–H groups in total. The molecule has 3 rings (SSSR count). The van der Waals surface area contributed by atoms with E-state index in [1.807, 2.05) is 6.07 Å². The van der Waals surface area contributed by atoms with Gasteiger partial charge in [-0.25, -0.2) is 0 Å². The molecule has 1 aromatic carbocycles. The van der Waals surface area contributed by atoms with E-state index in [0.717, 1.165) is 12.3 Å². The average molecular weight is 255 g/mol. The molecule has 0 saturated heterocycles. The summed E-state index contributed by atoms with van der Waals surface area (Å²) >= 11 is 0. The second kappa shape index (κ2) is 4.58. The van der Waals surface area contributed by atoms with Crippen molar-refractivity contribution in [2.24, 2.45) is 17.8 Å². The molecule has 2 saturated carbocycles. The van der Waals surface area contributed by atoms with Gasteiger partial charge in [0.2, 0.25) is 5.91 Å². The molecule has 0 aromatic heterocycles. The molecule has 98 valence electrons. The number of hydrogen-bond donors (Lipinski definition) is 2. The largest absolute Gasteiger partial charge is 0.397 e. The molecule has 0 aliphatic heterocycles. The smallest absolute Gasteiger partial charge is 0.227 e. The fourth-order valence-corrected chi connectivity index (χ4v) is 3.54. The second-order valence-corrected chi connectivity index (χ2v) is 5.68. The molecular weight excluding hydrogens is 238 g/mol. The molecule has 2 bridgehead atoms. The summed E-state index contributed by atoms with van der Waals surface area (Å²) in [6.45, 7) is 0. The first-order valence-corrected chi connectivity index (χ1v) is 6.78. The number of nitrogens with zero attached hydrogens (tertiary/aromatic N) is 1. The summed E-state index contributed by atoms with van der Waals surface area (Å²) in [4.78, 5) is 12.3. The fourth-order valence-electron chi connectivity index (χ4n) is 3.54. The molecule has 1 amide bonds. The first kappa shape index (κ1) is 12.0. The predicted octanol–water partition coefficient (Wildman–Crippen LogP) is 2.52. The van der Waals surface area contributed by atoms with Crippen LogP contribution in [0.1, 0.15) is 31.2 Å². The van der Waals surface area contributed by atoms with Gasteiger partial charge in [-0.3, -0.25) is 4.79 Å². The highest BCUT2D eigenvalue weighted by Crippen LogP contribution is 2.48. The molecule has 4 nitrogen and oxygen atoms in total. The van der Waals surface area contributed by atoms with Crippen molar-refractivity contribution in [3.8, 4) is 6.07 Å². The second-order valence-electron chi connectivity index (χ2n) is 5.68. The highest BCUT2D eigenvalue weighted by Gasteiger charge is 2.43. The van der Waals surface area contributed by atoms with Crippen molar-refractivity contribution in [3.63, 3.8) is 0 Å². The van der Waals surface area contributed by atoms with E-state index >= 15 is 0 Å². The number of carbonyl (C=O) groups is 1. The van der Waals surface area contributed by atoms with Gasteiger partial charge in [0.15, 0.2) is 0 Å². The Hall–Kier alpha value is -2.02. The number of carbonyl (C=O) groups excluding carboxylic acids is 1. The monoisotopic (exact) mass is 255 g/mol. The number of nitrogens with one attached hydrogen (secondary N) is 1. The van der Waals surface area contributed by atoms with Crippen molar-refractivity contribution in [2.45, 2.75) is 25.7 Å². The molecule has 4 heteroatoms. The van der Waals surface area contributed by atoms with Gasteiger partial charge in [0, 0.05) is 5.92 Å². The Balaban J connectivity index is 1.72. The van der Waals surface area contributed by atoms with E-state index in [1.165, 1.54) is 19.3 Å². The number of hydrogen-bond acceptors (Lipinski definition) is 3. The van der Waals surface area contributed by atoms with Gasteiger partial charge in [0.1, 0.15) is 0 Å². The zero-order valence-corrected chi connectivity index (χ0v) is 10.7. The third-order valence-electron chi connectivity index (χ3n) is 4.51. The summed E-state index contributed by atoms with van der Waals surface area (Å²) in [7, 11) is 0. The Kier molecular flexibility index (Phi) is 2.90. The number of amides is 1. The topological polar surface area (TPSA) is 78.9 Å². The maximum absolute atomic E-state index is 12.3. The number of nitriles is 1. The van der Waals surface area contributed by atoms with Gasteiger partial charge < -0.3 is 11.1 Å². The van der Waals surface area contributed by atoms with Crippen molar-refractivity contribution in [1.82, 2.24) is 0 Å². The van der Waals surface area contributed by atoms with Gasteiger partial charge in [-0.1, -0.05) is 6.42 Å². The number of nitrogen functional groups attached to an aromatic ring is 1. The van der Waals surface area contributed by atoms with Gasteiger partial charge in [-0.15, -0.1) is 0 Å². The van der Waals surface area contributed by atoms with Crippen molar-refractivity contribution in [2.75, 3.05) is 11.1 Å². The molecule has 2 aliphatic carbocycles. The summed E-state index contributed by atoms with van der Waals surface area (Å²) in [5.41, 5.74) is 7.44. The van der Waals surface area contributed by atoms with Gasteiger partial charge in [-0.2, -0.15) is 5.26 Å². The number of nitrogens with two attached hydrogens (primary N) is 1. The van der Waals surface area contributed by atoms with Crippen LogP contribution in [-0.4, -0.2) is 5.91 Å². The highest BCUT2D eigenvalue weighted by molar-refractivity contribution is 5.95. The summed E-state index contributed by atoms with van der Waals surface area (Å²) in [6.07, 6.45) is 4.70. The fraction of sp³-hybridized carbons (Fsp3) is 0.467. The normalized spacial score (nSPS) is 28.1. The molecular formula is C15H17N3O. The van der Waals surface area contributed by atoms with E-state index in [9.17, 15) is 4.79 Å². The minimum atomic E-state index is 0.0867. The predicted molar refractivity (Wildman–Crippen MR) is 73.1 cm³/mol. The molecule has 1 aromatic rings. The minimum absolute atomic E-state index is 0.0867. The van der Waals surface area contributed by atoms with Crippen molar-refractivity contribution < 1.29 is 4.79 Å². The Labute approximate surface area is 112 Å². The van der Waals surface area contributed by atoms with Crippen LogP contribution in [-0.2, 0) is 4.79 Å². The molecule has 3 atom stereocenters. The molecule has 3 unspecified atom stereocenters. The van der Waals surface area contributed by atoms with Gasteiger partial charge in [-0.05, 0) is 49.3 Å². The minimum Gasteiger partial charge on any atom is -0.397 e.